The van der Waals surface area contributed by atoms with Crippen molar-refractivity contribution < 1.29 is 21.6 Å². The summed E-state index contributed by atoms with van der Waals surface area (Å²) >= 11 is 0. The maximum Gasteiger partial charge on any atom is 0.497 e. The number of nitrogens with zero attached hydrogens (tertiary/aromatic N) is 1. The Morgan fingerprint density at radius 1 is 0.649 bits per heavy atom. The van der Waals surface area contributed by atoms with Gasteiger partial charge in [0, 0.05) is 0 Å². The first-order valence-corrected chi connectivity index (χ1v) is 14.4. The third-order valence-electron chi connectivity index (χ3n) is 5.66. The number of halogens is 3. The first kappa shape index (κ1) is 30.2. The van der Waals surface area contributed by atoms with Gasteiger partial charge in [-0.15, -0.1) is 0 Å². The Morgan fingerprint density at radius 3 is 1.49 bits per heavy atom. The van der Waals surface area contributed by atoms with Crippen molar-refractivity contribution in [3.8, 4) is 0 Å². The maximum absolute atomic E-state index is 12.0. The summed E-state index contributed by atoms with van der Waals surface area (Å²) in [4.78, 5) is 0. The molecule has 8 heteroatoms. The van der Waals surface area contributed by atoms with E-state index in [0.29, 0.717) is 6.42 Å². The van der Waals surface area contributed by atoms with Crippen LogP contribution in [0.5, 0.6) is 0 Å². The summed E-state index contributed by atoms with van der Waals surface area (Å²) in [7, 11) is -4.90. The number of rotatable bonds is 13. The first-order valence-electron chi connectivity index (χ1n) is 12.8. The molecule has 1 N–H and O–H groups in total. The van der Waals surface area contributed by atoms with E-state index in [2.05, 4.69) is 53.8 Å². The van der Waals surface area contributed by atoms with Crippen LogP contribution in [0, 0.1) is 0 Å². The van der Waals surface area contributed by atoms with Gasteiger partial charge in [0.25, 0.3) is 0 Å². The lowest BCUT2D eigenvalue weighted by atomic mass is 10.1. The van der Waals surface area contributed by atoms with Gasteiger partial charge in [0.15, 0.2) is 0 Å². The monoisotopic (exact) mass is 534 g/mol. The van der Waals surface area contributed by atoms with Crippen LogP contribution in [-0.2, 0) is 9.84 Å². The molecule has 0 bridgehead atoms. The molecule has 0 radical (unpaired) electrons. The highest BCUT2D eigenvalue weighted by molar-refractivity contribution is 7.92. The van der Waals surface area contributed by atoms with E-state index >= 15 is 0 Å². The van der Waals surface area contributed by atoms with Crippen LogP contribution in [0.3, 0.4) is 0 Å². The summed E-state index contributed by atoms with van der Waals surface area (Å²) in [5.41, 5.74) is 1.61. The standard InChI is InChI=1S/C18H16N2.C11H21F3O2S/c1-4-10-16(11-5-1)19-20(17-12-6-2-7-13-17)18-14-8-3-9-15-18;1-2-3-4-5-6-7-8-9-10-17(15,16)11(12,13)14/h1-15,19H;2-10H2,1H3. The van der Waals surface area contributed by atoms with Gasteiger partial charge in [-0.2, -0.15) is 13.2 Å². The normalized spacial score (nSPS) is 11.4. The molecule has 3 rings (SSSR count). The lowest BCUT2D eigenvalue weighted by molar-refractivity contribution is -0.0435. The smallest absolute Gasteiger partial charge is 0.294 e. The van der Waals surface area contributed by atoms with Gasteiger partial charge in [-0.3, -0.25) is 10.4 Å². The van der Waals surface area contributed by atoms with Gasteiger partial charge in [-0.05, 0) is 42.8 Å². The van der Waals surface area contributed by atoms with Crippen molar-refractivity contribution >= 4 is 26.9 Å². The number of unbranched alkanes of at least 4 members (excludes halogenated alkanes) is 7. The SMILES string of the molecule is CCCCCCCCCCS(=O)(=O)C(F)(F)F.c1ccc(NN(c2ccccc2)c2ccccc2)cc1. The minimum atomic E-state index is -5.09. The molecular formula is C29H37F3N2O2S. The molecule has 0 saturated heterocycles. The summed E-state index contributed by atoms with van der Waals surface area (Å²) in [6, 6.07) is 30.7. The van der Waals surface area contributed by atoms with E-state index in [1.807, 2.05) is 54.6 Å². The number of hydrazine groups is 1. The second-order valence-electron chi connectivity index (χ2n) is 8.72. The van der Waals surface area contributed by atoms with E-state index in [9.17, 15) is 21.6 Å². The predicted octanol–water partition coefficient (Wildman–Crippen LogP) is 8.91. The minimum Gasteiger partial charge on any atom is -0.294 e. The van der Waals surface area contributed by atoms with Gasteiger partial charge in [0.05, 0.1) is 22.8 Å². The zero-order valence-electron chi connectivity index (χ0n) is 21.3. The molecule has 3 aromatic rings. The molecule has 0 saturated carbocycles. The highest BCUT2D eigenvalue weighted by Gasteiger charge is 2.44. The predicted molar refractivity (Wildman–Crippen MR) is 148 cm³/mol. The molecule has 0 aliphatic carbocycles. The fraction of sp³-hybridized carbons (Fsp3) is 0.379. The van der Waals surface area contributed by atoms with E-state index in [4.69, 9.17) is 0 Å². The highest BCUT2D eigenvalue weighted by atomic mass is 32.2. The largest absolute Gasteiger partial charge is 0.497 e. The van der Waals surface area contributed by atoms with Gasteiger partial charge in [0.2, 0.25) is 9.84 Å². The summed E-state index contributed by atoms with van der Waals surface area (Å²) in [5.74, 6) is -0.772. The van der Waals surface area contributed by atoms with Crippen molar-refractivity contribution in [2.45, 2.75) is 63.8 Å². The van der Waals surface area contributed by atoms with E-state index in [0.717, 1.165) is 49.2 Å². The fourth-order valence-electron chi connectivity index (χ4n) is 3.62. The van der Waals surface area contributed by atoms with Crippen LogP contribution in [0.15, 0.2) is 91.0 Å². The number of alkyl halides is 3. The van der Waals surface area contributed by atoms with Crippen LogP contribution in [0.4, 0.5) is 30.2 Å². The number of para-hydroxylation sites is 3. The molecule has 0 atom stereocenters. The molecule has 0 aliphatic rings. The molecule has 0 aliphatic heterocycles. The molecule has 202 valence electrons. The van der Waals surface area contributed by atoms with E-state index < -0.39 is 21.1 Å². The Hall–Kier alpha value is -3.00. The number of anilines is 3. The van der Waals surface area contributed by atoms with Crippen molar-refractivity contribution in [2.24, 2.45) is 0 Å². The number of hydrogen-bond acceptors (Lipinski definition) is 4. The Labute approximate surface area is 219 Å². The molecular weight excluding hydrogens is 497 g/mol. The third kappa shape index (κ3) is 11.3. The van der Waals surface area contributed by atoms with Gasteiger partial charge >= 0.3 is 5.51 Å². The molecule has 37 heavy (non-hydrogen) atoms. The Balaban J connectivity index is 0.000000265. The summed E-state index contributed by atoms with van der Waals surface area (Å²) in [6.07, 6.45) is 7.03. The van der Waals surface area contributed by atoms with Gasteiger partial charge < -0.3 is 0 Å². The van der Waals surface area contributed by atoms with Crippen molar-refractivity contribution in [3.63, 3.8) is 0 Å². The van der Waals surface area contributed by atoms with Crippen LogP contribution in [0.25, 0.3) is 0 Å². The average molecular weight is 535 g/mol. The van der Waals surface area contributed by atoms with Crippen molar-refractivity contribution in [1.29, 1.82) is 0 Å². The van der Waals surface area contributed by atoms with Crippen molar-refractivity contribution in [3.05, 3.63) is 91.0 Å². The number of nitrogens with one attached hydrogen (secondary N) is 1. The maximum atomic E-state index is 12.0. The van der Waals surface area contributed by atoms with Crippen LogP contribution < -0.4 is 10.4 Å². The summed E-state index contributed by atoms with van der Waals surface area (Å²) in [5, 5.41) is 2.08. The lowest BCUT2D eigenvalue weighted by Gasteiger charge is -2.26. The second kappa shape index (κ2) is 16.0. The van der Waals surface area contributed by atoms with E-state index in [1.165, 1.54) is 6.42 Å². The fourth-order valence-corrected chi connectivity index (χ4v) is 4.43. The molecule has 0 aromatic heterocycles. The van der Waals surface area contributed by atoms with E-state index in [-0.39, 0.29) is 6.42 Å². The molecule has 0 spiro atoms. The van der Waals surface area contributed by atoms with Crippen molar-refractivity contribution in [2.75, 3.05) is 16.2 Å². The zero-order valence-corrected chi connectivity index (χ0v) is 22.1. The van der Waals surface area contributed by atoms with Crippen LogP contribution in [0.1, 0.15) is 58.3 Å². The Bertz CT molecular complexity index is 1050. The zero-order chi connectivity index (χ0) is 27.0. The van der Waals surface area contributed by atoms with Crippen molar-refractivity contribution in [1.82, 2.24) is 0 Å². The summed E-state index contributed by atoms with van der Waals surface area (Å²) in [6.45, 7) is 2.11. The second-order valence-corrected chi connectivity index (χ2v) is 10.8. The molecule has 4 nitrogen and oxygen atoms in total. The Kier molecular flexibility index (Phi) is 13.0. The molecule has 0 amide bonds. The summed E-state index contributed by atoms with van der Waals surface area (Å²) < 4.78 is 57.3. The van der Waals surface area contributed by atoms with Crippen LogP contribution in [0.2, 0.25) is 0 Å². The van der Waals surface area contributed by atoms with Crippen LogP contribution in [-0.4, -0.2) is 19.7 Å². The van der Waals surface area contributed by atoms with Gasteiger partial charge in [0.1, 0.15) is 0 Å². The Morgan fingerprint density at radius 2 is 1.05 bits per heavy atom. The first-order chi connectivity index (χ1) is 17.7. The third-order valence-corrected chi connectivity index (χ3v) is 7.19. The number of hydrogen-bond donors (Lipinski definition) is 1. The topological polar surface area (TPSA) is 49.4 Å². The van der Waals surface area contributed by atoms with Gasteiger partial charge in [-0.1, -0.05) is 106 Å². The number of benzene rings is 3. The van der Waals surface area contributed by atoms with Crippen LogP contribution >= 0.6 is 0 Å². The molecule has 0 unspecified atom stereocenters. The van der Waals surface area contributed by atoms with E-state index in [1.54, 1.807) is 0 Å². The molecule has 0 fully saturated rings. The lowest BCUT2D eigenvalue weighted by Crippen LogP contribution is -2.26. The molecule has 3 aromatic carbocycles. The average Bonchev–Trinajstić information content (AvgIpc) is 2.90. The highest BCUT2D eigenvalue weighted by Crippen LogP contribution is 2.26. The number of sulfone groups is 1. The molecule has 0 heterocycles. The minimum absolute atomic E-state index is 0.107. The van der Waals surface area contributed by atoms with Gasteiger partial charge in [-0.25, -0.2) is 8.42 Å². The quantitative estimate of drug-likeness (QED) is 0.176.